The van der Waals surface area contributed by atoms with Gasteiger partial charge in [-0.25, -0.2) is 8.42 Å². The fourth-order valence-electron chi connectivity index (χ4n) is 2.98. The summed E-state index contributed by atoms with van der Waals surface area (Å²) in [6.45, 7) is 0. The Hall–Kier alpha value is -3.63. The normalized spacial score (nSPS) is 11.6. The monoisotopic (exact) mass is 434 g/mol. The molecule has 10 heteroatoms. The summed E-state index contributed by atoms with van der Waals surface area (Å²) >= 11 is 1.17. The summed E-state index contributed by atoms with van der Waals surface area (Å²) in [5.74, 6) is 0.578. The van der Waals surface area contributed by atoms with Crippen molar-refractivity contribution in [3.8, 4) is 22.6 Å². The van der Waals surface area contributed by atoms with E-state index in [1.807, 2.05) is 30.3 Å². The average molecular weight is 435 g/mol. The fraction of sp³-hybridized carbons (Fsp3) is 0. The van der Waals surface area contributed by atoms with E-state index < -0.39 is 10.0 Å². The summed E-state index contributed by atoms with van der Waals surface area (Å²) in [6, 6.07) is 17.7. The molecule has 0 atom stereocenters. The van der Waals surface area contributed by atoms with Crippen molar-refractivity contribution in [3.63, 3.8) is 0 Å². The van der Waals surface area contributed by atoms with Gasteiger partial charge in [0, 0.05) is 29.2 Å². The SMILES string of the molecule is O=S(=O)(Nc1cccc(-c2ccc3nnc(-c4cccnc4)n3n2)c1)c1cccs1. The van der Waals surface area contributed by atoms with Crippen LogP contribution < -0.4 is 4.72 Å². The van der Waals surface area contributed by atoms with Crippen molar-refractivity contribution < 1.29 is 8.42 Å². The van der Waals surface area contributed by atoms with E-state index in [4.69, 9.17) is 0 Å². The van der Waals surface area contributed by atoms with Crippen LogP contribution in [0.4, 0.5) is 5.69 Å². The molecule has 0 spiro atoms. The zero-order valence-corrected chi connectivity index (χ0v) is 17.0. The Bertz CT molecular complexity index is 1430. The van der Waals surface area contributed by atoms with E-state index in [2.05, 4.69) is 25.0 Å². The number of nitrogens with zero attached hydrogens (tertiary/aromatic N) is 5. The van der Waals surface area contributed by atoms with Gasteiger partial charge in [0.2, 0.25) is 0 Å². The highest BCUT2D eigenvalue weighted by Crippen LogP contribution is 2.25. The van der Waals surface area contributed by atoms with Crippen LogP contribution in [0.15, 0.2) is 82.6 Å². The van der Waals surface area contributed by atoms with Crippen molar-refractivity contribution >= 4 is 32.7 Å². The van der Waals surface area contributed by atoms with Crippen molar-refractivity contribution in [2.45, 2.75) is 4.21 Å². The Labute approximate surface area is 175 Å². The Kier molecular flexibility index (Phi) is 4.49. The second-order valence-corrected chi connectivity index (χ2v) is 9.23. The summed E-state index contributed by atoms with van der Waals surface area (Å²) in [5.41, 5.74) is 3.28. The highest BCUT2D eigenvalue weighted by Gasteiger charge is 2.16. The predicted molar refractivity (Wildman–Crippen MR) is 115 cm³/mol. The number of hydrogen-bond acceptors (Lipinski definition) is 7. The highest BCUT2D eigenvalue weighted by atomic mass is 32.2. The third-order valence-electron chi connectivity index (χ3n) is 4.35. The van der Waals surface area contributed by atoms with Crippen molar-refractivity contribution in [2.24, 2.45) is 0 Å². The van der Waals surface area contributed by atoms with Crippen LogP contribution in [-0.2, 0) is 10.0 Å². The van der Waals surface area contributed by atoms with E-state index in [1.54, 1.807) is 52.6 Å². The average Bonchev–Trinajstić information content (AvgIpc) is 3.44. The molecule has 30 heavy (non-hydrogen) atoms. The molecule has 5 rings (SSSR count). The zero-order valence-electron chi connectivity index (χ0n) is 15.4. The molecule has 0 amide bonds. The van der Waals surface area contributed by atoms with E-state index in [1.165, 1.54) is 11.3 Å². The molecule has 0 aliphatic rings. The molecule has 0 unspecified atom stereocenters. The Balaban J connectivity index is 1.52. The third-order valence-corrected chi connectivity index (χ3v) is 7.13. The first-order chi connectivity index (χ1) is 14.6. The number of pyridine rings is 1. The highest BCUT2D eigenvalue weighted by molar-refractivity contribution is 7.94. The lowest BCUT2D eigenvalue weighted by atomic mass is 10.1. The lowest BCUT2D eigenvalue weighted by Crippen LogP contribution is -2.11. The second kappa shape index (κ2) is 7.32. The van der Waals surface area contributed by atoms with Crippen LogP contribution in [0.3, 0.4) is 0 Å². The molecule has 4 heterocycles. The smallest absolute Gasteiger partial charge is 0.271 e. The van der Waals surface area contributed by atoms with Gasteiger partial charge in [-0.3, -0.25) is 9.71 Å². The number of fused-ring (bicyclic) bond motifs is 1. The molecule has 0 fully saturated rings. The minimum Gasteiger partial charge on any atom is -0.279 e. The van der Waals surface area contributed by atoms with Crippen LogP contribution >= 0.6 is 11.3 Å². The molecule has 0 aliphatic carbocycles. The molecule has 0 saturated carbocycles. The lowest BCUT2D eigenvalue weighted by Gasteiger charge is -2.08. The summed E-state index contributed by atoms with van der Waals surface area (Å²) < 4.78 is 29.5. The molecule has 0 saturated heterocycles. The topological polar surface area (TPSA) is 102 Å². The number of aromatic nitrogens is 5. The number of hydrogen-bond donors (Lipinski definition) is 1. The van der Waals surface area contributed by atoms with Crippen LogP contribution in [0, 0.1) is 0 Å². The number of nitrogens with one attached hydrogen (secondary N) is 1. The molecule has 148 valence electrons. The Morgan fingerprint density at radius 2 is 1.83 bits per heavy atom. The first-order valence-corrected chi connectivity index (χ1v) is 11.3. The minimum atomic E-state index is -3.62. The first-order valence-electron chi connectivity index (χ1n) is 8.90. The number of benzene rings is 1. The third kappa shape index (κ3) is 3.42. The van der Waals surface area contributed by atoms with E-state index >= 15 is 0 Å². The Morgan fingerprint density at radius 3 is 2.63 bits per heavy atom. The van der Waals surface area contributed by atoms with Crippen LogP contribution in [0.25, 0.3) is 28.3 Å². The van der Waals surface area contributed by atoms with E-state index in [0.717, 1.165) is 11.1 Å². The van der Waals surface area contributed by atoms with Crippen LogP contribution in [0.5, 0.6) is 0 Å². The van der Waals surface area contributed by atoms with E-state index in [9.17, 15) is 8.42 Å². The molecule has 4 aromatic heterocycles. The van der Waals surface area contributed by atoms with Gasteiger partial charge in [-0.05, 0) is 47.8 Å². The Morgan fingerprint density at radius 1 is 0.933 bits per heavy atom. The summed E-state index contributed by atoms with van der Waals surface area (Å²) in [7, 11) is -3.62. The maximum Gasteiger partial charge on any atom is 0.271 e. The van der Waals surface area contributed by atoms with Gasteiger partial charge in [-0.2, -0.15) is 9.61 Å². The van der Waals surface area contributed by atoms with Crippen LogP contribution in [0.1, 0.15) is 0 Å². The second-order valence-electron chi connectivity index (χ2n) is 6.37. The molecule has 0 bridgehead atoms. The minimum absolute atomic E-state index is 0.262. The number of anilines is 1. The van der Waals surface area contributed by atoms with Gasteiger partial charge in [0.25, 0.3) is 10.0 Å². The number of thiophene rings is 1. The lowest BCUT2D eigenvalue weighted by molar-refractivity contribution is 0.603. The molecular formula is C20H14N6O2S2. The predicted octanol–water partition coefficient (Wildman–Crippen LogP) is 3.72. The van der Waals surface area contributed by atoms with Crippen LogP contribution in [0.2, 0.25) is 0 Å². The molecule has 5 aromatic rings. The summed E-state index contributed by atoms with van der Waals surface area (Å²) in [4.78, 5) is 4.12. The molecule has 8 nitrogen and oxygen atoms in total. The standard InChI is InChI=1S/C20H14N6O2S2/c27-30(28,19-7-3-11-29-19)25-16-6-1-4-14(12-16)17-8-9-18-22-23-20(26(18)24-17)15-5-2-10-21-13-15/h1-13,25H. The van der Waals surface area contributed by atoms with Gasteiger partial charge in [0.1, 0.15) is 4.21 Å². The molecular weight excluding hydrogens is 420 g/mol. The van der Waals surface area contributed by atoms with Gasteiger partial charge in [-0.1, -0.05) is 18.2 Å². The molecule has 0 aliphatic heterocycles. The van der Waals surface area contributed by atoms with Crippen molar-refractivity contribution in [3.05, 3.63) is 78.4 Å². The zero-order chi connectivity index (χ0) is 20.6. The number of sulfonamides is 1. The maximum atomic E-state index is 12.5. The summed E-state index contributed by atoms with van der Waals surface area (Å²) in [5, 5.41) is 14.8. The van der Waals surface area contributed by atoms with Gasteiger partial charge in [0.15, 0.2) is 11.5 Å². The largest absolute Gasteiger partial charge is 0.279 e. The molecule has 0 radical (unpaired) electrons. The maximum absolute atomic E-state index is 12.5. The van der Waals surface area contributed by atoms with Gasteiger partial charge in [-0.15, -0.1) is 21.5 Å². The van der Waals surface area contributed by atoms with Crippen molar-refractivity contribution in [1.82, 2.24) is 24.8 Å². The van der Waals surface area contributed by atoms with Crippen molar-refractivity contribution in [1.29, 1.82) is 0 Å². The fourth-order valence-corrected chi connectivity index (χ4v) is 5.02. The van der Waals surface area contributed by atoms with Crippen molar-refractivity contribution in [2.75, 3.05) is 4.72 Å². The molecule has 1 N–H and O–H groups in total. The van der Waals surface area contributed by atoms with Gasteiger partial charge < -0.3 is 0 Å². The van der Waals surface area contributed by atoms with Gasteiger partial charge in [0.05, 0.1) is 5.69 Å². The quantitative estimate of drug-likeness (QED) is 0.452. The number of rotatable bonds is 5. The van der Waals surface area contributed by atoms with Crippen LogP contribution in [-0.4, -0.2) is 33.2 Å². The summed E-state index contributed by atoms with van der Waals surface area (Å²) in [6.07, 6.45) is 3.39. The van der Waals surface area contributed by atoms with E-state index in [-0.39, 0.29) is 4.21 Å². The molecule has 1 aromatic carbocycles. The van der Waals surface area contributed by atoms with E-state index in [0.29, 0.717) is 22.9 Å². The first kappa shape index (κ1) is 18.4. The van der Waals surface area contributed by atoms with Gasteiger partial charge >= 0.3 is 0 Å².